The predicted octanol–water partition coefficient (Wildman–Crippen LogP) is 2.75. The third kappa shape index (κ3) is 6.22. The van der Waals surface area contributed by atoms with Crippen molar-refractivity contribution >= 4 is 17.7 Å². The molecule has 130 valence electrons. The van der Waals surface area contributed by atoms with Gasteiger partial charge in [-0.3, -0.25) is 0 Å². The van der Waals surface area contributed by atoms with Crippen LogP contribution >= 0.6 is 0 Å². The summed E-state index contributed by atoms with van der Waals surface area (Å²) in [6.45, 7) is -5.08. The van der Waals surface area contributed by atoms with Crippen LogP contribution in [0.4, 0.5) is 12.9 Å². The first-order chi connectivity index (χ1) is 12.0. The van der Waals surface area contributed by atoms with Crippen molar-refractivity contribution in [2.24, 2.45) is 0 Å². The van der Waals surface area contributed by atoms with Crippen LogP contribution in [0.15, 0.2) is 72.8 Å². The zero-order chi connectivity index (χ0) is 17.7. The molecule has 3 aromatic carbocycles. The SMILES string of the molecule is F[B-](F)(F)C(CCc1ccccc1)OCc1ccc2ccccc2c1.[K+]. The topological polar surface area (TPSA) is 9.23 Å². The van der Waals surface area contributed by atoms with Crippen molar-refractivity contribution in [3.05, 3.63) is 83.9 Å². The van der Waals surface area contributed by atoms with E-state index in [0.717, 1.165) is 21.9 Å². The molecule has 0 aliphatic heterocycles. The van der Waals surface area contributed by atoms with Crippen molar-refractivity contribution in [2.45, 2.75) is 25.5 Å². The molecule has 0 N–H and O–H groups in total. The van der Waals surface area contributed by atoms with Gasteiger partial charge < -0.3 is 17.7 Å². The summed E-state index contributed by atoms with van der Waals surface area (Å²) in [7, 11) is 0. The van der Waals surface area contributed by atoms with E-state index in [0.29, 0.717) is 6.42 Å². The monoisotopic (exact) mass is 382 g/mol. The summed E-state index contributed by atoms with van der Waals surface area (Å²) in [6, 6.07) is 20.9. The fourth-order valence-corrected chi connectivity index (χ4v) is 2.87. The van der Waals surface area contributed by atoms with E-state index in [9.17, 15) is 12.9 Å². The van der Waals surface area contributed by atoms with Crippen molar-refractivity contribution in [1.82, 2.24) is 0 Å². The molecule has 0 amide bonds. The number of halogens is 3. The van der Waals surface area contributed by atoms with Crippen LogP contribution in [0.2, 0.25) is 0 Å². The first-order valence-electron chi connectivity index (χ1n) is 8.35. The Bertz CT molecular complexity index is 824. The molecule has 0 aromatic heterocycles. The maximum Gasteiger partial charge on any atom is 1.00 e. The quantitative estimate of drug-likeness (QED) is 0.571. The van der Waals surface area contributed by atoms with Gasteiger partial charge >= 0.3 is 58.4 Å². The van der Waals surface area contributed by atoms with Crippen molar-refractivity contribution in [2.75, 3.05) is 0 Å². The smallest absolute Gasteiger partial charge is 0.447 e. The minimum absolute atomic E-state index is 0. The van der Waals surface area contributed by atoms with E-state index in [1.807, 2.05) is 72.8 Å². The summed E-state index contributed by atoms with van der Waals surface area (Å²) in [5.74, 6) is 0. The largest absolute Gasteiger partial charge is 1.00 e. The van der Waals surface area contributed by atoms with E-state index < -0.39 is 13.0 Å². The van der Waals surface area contributed by atoms with Gasteiger partial charge in [0, 0.05) is 6.00 Å². The second kappa shape index (κ2) is 10.1. The number of benzene rings is 3. The maximum absolute atomic E-state index is 13.3. The number of ether oxygens (including phenoxy) is 1. The average Bonchev–Trinajstić information content (AvgIpc) is 2.61. The summed E-state index contributed by atoms with van der Waals surface area (Å²) in [4.78, 5) is 0. The van der Waals surface area contributed by atoms with Gasteiger partial charge in [0.2, 0.25) is 0 Å². The molecule has 0 radical (unpaired) electrons. The molecule has 1 atom stereocenters. The summed E-state index contributed by atoms with van der Waals surface area (Å²) in [5.41, 5.74) is 1.64. The van der Waals surface area contributed by atoms with E-state index in [4.69, 9.17) is 4.74 Å². The molecule has 26 heavy (non-hydrogen) atoms. The number of hydrogen-bond donors (Lipinski definition) is 0. The van der Waals surface area contributed by atoms with E-state index >= 15 is 0 Å². The third-order valence-corrected chi connectivity index (χ3v) is 4.26. The summed E-state index contributed by atoms with van der Waals surface area (Å²) < 4.78 is 45.2. The Hall–Kier alpha value is -0.629. The van der Waals surface area contributed by atoms with Gasteiger partial charge in [-0.2, -0.15) is 0 Å². The van der Waals surface area contributed by atoms with Gasteiger partial charge in [0.1, 0.15) is 0 Å². The van der Waals surface area contributed by atoms with Gasteiger partial charge in [-0.1, -0.05) is 66.7 Å². The molecule has 0 fully saturated rings. The van der Waals surface area contributed by atoms with Gasteiger partial charge in [0.05, 0.1) is 6.61 Å². The average molecular weight is 382 g/mol. The first kappa shape index (κ1) is 21.7. The molecular weight excluding hydrogens is 363 g/mol. The van der Waals surface area contributed by atoms with E-state index in [2.05, 4.69) is 0 Å². The van der Waals surface area contributed by atoms with Crippen molar-refractivity contribution in [3.63, 3.8) is 0 Å². The zero-order valence-corrected chi connectivity index (χ0v) is 17.9. The van der Waals surface area contributed by atoms with Gasteiger partial charge in [-0.15, -0.1) is 0 Å². The molecule has 6 heteroatoms. The fraction of sp³-hybridized carbons (Fsp3) is 0.200. The standard InChI is InChI=1S/C20H19BF3O.K/c22-21(23,24)20(13-11-16-6-2-1-3-7-16)25-15-17-10-12-18-8-4-5-9-19(18)14-17;/h1-10,12,14,20H,11,13,15H2;/q-1;+1. The van der Waals surface area contributed by atoms with Crippen molar-refractivity contribution < 1.29 is 69.1 Å². The minimum atomic E-state index is -5.04. The molecule has 1 unspecified atom stereocenters. The van der Waals surface area contributed by atoms with E-state index in [-0.39, 0.29) is 64.4 Å². The number of aryl methyl sites for hydroxylation is 1. The van der Waals surface area contributed by atoms with Crippen LogP contribution in [-0.2, 0) is 17.8 Å². The van der Waals surface area contributed by atoms with Crippen LogP contribution in [0.5, 0.6) is 0 Å². The Balaban J connectivity index is 0.00000243. The molecule has 0 aliphatic rings. The number of hydrogen-bond acceptors (Lipinski definition) is 1. The zero-order valence-electron chi connectivity index (χ0n) is 14.7. The Kier molecular flexibility index (Phi) is 8.39. The first-order valence-corrected chi connectivity index (χ1v) is 8.35. The van der Waals surface area contributed by atoms with Gasteiger partial charge in [-0.05, 0) is 40.8 Å². The minimum Gasteiger partial charge on any atom is -0.447 e. The Morgan fingerprint density at radius 3 is 2.12 bits per heavy atom. The second-order valence-electron chi connectivity index (χ2n) is 6.18. The van der Waals surface area contributed by atoms with E-state index in [1.54, 1.807) is 0 Å². The normalized spacial score (nSPS) is 12.6. The van der Waals surface area contributed by atoms with Crippen LogP contribution in [0.3, 0.4) is 0 Å². The molecule has 3 rings (SSSR count). The Morgan fingerprint density at radius 2 is 1.42 bits per heavy atom. The van der Waals surface area contributed by atoms with Crippen LogP contribution in [-0.4, -0.2) is 13.0 Å². The van der Waals surface area contributed by atoms with Crippen LogP contribution in [0, 0.1) is 0 Å². The van der Waals surface area contributed by atoms with Crippen molar-refractivity contribution in [1.29, 1.82) is 0 Å². The maximum atomic E-state index is 13.3. The molecular formula is C20H19BF3KO. The molecule has 1 nitrogen and oxygen atoms in total. The van der Waals surface area contributed by atoms with Gasteiger partial charge in [-0.25, -0.2) is 0 Å². The fourth-order valence-electron chi connectivity index (χ4n) is 2.87. The Morgan fingerprint density at radius 1 is 0.769 bits per heavy atom. The molecule has 0 aliphatic carbocycles. The van der Waals surface area contributed by atoms with Gasteiger partial charge in [0.15, 0.2) is 0 Å². The molecule has 0 spiro atoms. The number of rotatable bonds is 7. The predicted molar refractivity (Wildman–Crippen MR) is 96.4 cm³/mol. The second-order valence-corrected chi connectivity index (χ2v) is 6.18. The molecule has 0 saturated heterocycles. The van der Waals surface area contributed by atoms with Crippen LogP contribution < -0.4 is 51.4 Å². The summed E-state index contributed by atoms with van der Waals surface area (Å²) >= 11 is 0. The van der Waals surface area contributed by atoms with Gasteiger partial charge in [0.25, 0.3) is 0 Å². The summed E-state index contributed by atoms with van der Waals surface area (Å²) in [5, 5.41) is 2.06. The summed E-state index contributed by atoms with van der Waals surface area (Å²) in [6.07, 6.45) is 0.297. The van der Waals surface area contributed by atoms with Crippen LogP contribution in [0.25, 0.3) is 10.8 Å². The molecule has 0 heterocycles. The van der Waals surface area contributed by atoms with Crippen LogP contribution in [0.1, 0.15) is 17.5 Å². The third-order valence-electron chi connectivity index (χ3n) is 4.26. The molecule has 3 aromatic rings. The van der Waals surface area contributed by atoms with E-state index in [1.165, 1.54) is 0 Å². The Labute approximate surface area is 194 Å². The van der Waals surface area contributed by atoms with Crippen molar-refractivity contribution in [3.8, 4) is 0 Å². The number of fused-ring (bicyclic) bond motifs is 1. The molecule has 0 bridgehead atoms. The molecule has 0 saturated carbocycles.